The number of rotatable bonds is 5. The fourth-order valence-corrected chi connectivity index (χ4v) is 5.02. The molecule has 146 valence electrons. The van der Waals surface area contributed by atoms with Gasteiger partial charge in [-0.2, -0.15) is 0 Å². The number of nitrogens with zero attached hydrogens (tertiary/aromatic N) is 2. The van der Waals surface area contributed by atoms with Gasteiger partial charge in [-0.3, -0.25) is 9.69 Å². The van der Waals surface area contributed by atoms with Crippen molar-refractivity contribution in [2.75, 3.05) is 25.5 Å². The molecular formula is C21H22ClN3O2S. The number of thiazole rings is 1. The van der Waals surface area contributed by atoms with Crippen molar-refractivity contribution in [3.63, 3.8) is 0 Å². The molecule has 0 aliphatic carbocycles. The minimum absolute atomic E-state index is 0.0470. The molecule has 1 aromatic heterocycles. The van der Waals surface area contributed by atoms with Crippen molar-refractivity contribution in [1.82, 2.24) is 9.88 Å². The lowest BCUT2D eigenvalue weighted by molar-refractivity contribution is -0.118. The molecule has 28 heavy (non-hydrogen) atoms. The molecule has 1 saturated heterocycles. The molecule has 1 aliphatic rings. The number of nitrogens with one attached hydrogen (secondary N) is 1. The fraction of sp³-hybridized carbons (Fsp3) is 0.333. The van der Waals surface area contributed by atoms with E-state index in [2.05, 4.69) is 16.3 Å². The second-order valence-electron chi connectivity index (χ2n) is 6.90. The first kappa shape index (κ1) is 19.2. The Morgan fingerprint density at radius 2 is 2.18 bits per heavy atom. The van der Waals surface area contributed by atoms with E-state index in [-0.39, 0.29) is 11.9 Å². The van der Waals surface area contributed by atoms with Gasteiger partial charge in [0.25, 0.3) is 0 Å². The highest BCUT2D eigenvalue weighted by Gasteiger charge is 2.28. The highest BCUT2D eigenvalue weighted by Crippen LogP contribution is 2.35. The number of methoxy groups -OCH3 is 1. The van der Waals surface area contributed by atoms with E-state index < -0.39 is 0 Å². The largest absolute Gasteiger partial charge is 0.495 e. The summed E-state index contributed by atoms with van der Waals surface area (Å²) in [7, 11) is 1.57. The van der Waals surface area contributed by atoms with Gasteiger partial charge in [-0.15, -0.1) is 11.3 Å². The number of piperidine rings is 1. The van der Waals surface area contributed by atoms with E-state index in [9.17, 15) is 4.79 Å². The number of aromatic nitrogens is 1. The average molecular weight is 416 g/mol. The molecule has 0 radical (unpaired) electrons. The molecule has 1 amide bonds. The molecule has 0 bridgehead atoms. The summed E-state index contributed by atoms with van der Waals surface area (Å²) in [5.74, 6) is 0.542. The molecule has 3 aromatic rings. The van der Waals surface area contributed by atoms with E-state index in [1.807, 2.05) is 18.2 Å². The number of hydrogen-bond donors (Lipinski definition) is 1. The third-order valence-corrected chi connectivity index (χ3v) is 6.42. The Balaban J connectivity index is 1.47. The quantitative estimate of drug-likeness (QED) is 0.628. The summed E-state index contributed by atoms with van der Waals surface area (Å²) in [5.41, 5.74) is 1.70. The molecule has 1 atom stereocenters. The number of likely N-dealkylation sites (tertiary alicyclic amines) is 1. The molecule has 2 heterocycles. The minimum Gasteiger partial charge on any atom is -0.495 e. The molecule has 1 aliphatic heterocycles. The van der Waals surface area contributed by atoms with Gasteiger partial charge in [0, 0.05) is 5.69 Å². The number of anilines is 1. The van der Waals surface area contributed by atoms with Crippen LogP contribution in [0.15, 0.2) is 42.5 Å². The normalized spacial score (nSPS) is 17.6. The summed E-state index contributed by atoms with van der Waals surface area (Å²) in [6.45, 7) is 1.24. The molecular weight excluding hydrogens is 394 g/mol. The highest BCUT2D eigenvalue weighted by atomic mass is 35.5. The standard InChI is InChI=1S/C21H22ClN3O2S/c1-27-18-10-9-14(12-15(18)22)23-20(26)13-25-11-5-4-7-17(25)21-24-16-6-2-3-8-19(16)28-21/h2-3,6,8-10,12,17H,4-5,7,11,13H2,1H3,(H,23,26)/t17-/m0/s1. The minimum atomic E-state index is -0.0470. The van der Waals surface area contributed by atoms with Crippen LogP contribution in [-0.4, -0.2) is 36.0 Å². The summed E-state index contributed by atoms with van der Waals surface area (Å²) in [6.07, 6.45) is 3.29. The van der Waals surface area contributed by atoms with Gasteiger partial charge in [0.15, 0.2) is 0 Å². The molecule has 7 heteroatoms. The van der Waals surface area contributed by atoms with Crippen molar-refractivity contribution in [3.8, 4) is 5.75 Å². The first-order valence-corrected chi connectivity index (χ1v) is 10.6. The number of benzene rings is 2. The zero-order chi connectivity index (χ0) is 19.5. The van der Waals surface area contributed by atoms with Crippen LogP contribution in [0.2, 0.25) is 5.02 Å². The number of halogens is 1. The maximum absolute atomic E-state index is 12.7. The molecule has 1 N–H and O–H groups in total. The number of para-hydroxylation sites is 1. The van der Waals surface area contributed by atoms with Crippen LogP contribution >= 0.6 is 22.9 Å². The maximum Gasteiger partial charge on any atom is 0.238 e. The van der Waals surface area contributed by atoms with Crippen LogP contribution in [0.1, 0.15) is 30.3 Å². The smallest absolute Gasteiger partial charge is 0.238 e. The second kappa shape index (κ2) is 8.47. The Labute approximate surface area is 173 Å². The Morgan fingerprint density at radius 3 is 2.96 bits per heavy atom. The SMILES string of the molecule is COc1ccc(NC(=O)CN2CCCC[C@H]2c2nc3ccccc3s2)cc1Cl. The molecule has 0 unspecified atom stereocenters. The van der Waals surface area contributed by atoms with Crippen molar-refractivity contribution >= 4 is 44.7 Å². The van der Waals surface area contributed by atoms with Crippen LogP contribution in [0.25, 0.3) is 10.2 Å². The van der Waals surface area contributed by atoms with Gasteiger partial charge in [-0.25, -0.2) is 4.98 Å². The summed E-state index contributed by atoms with van der Waals surface area (Å²) in [5, 5.41) is 4.52. The van der Waals surface area contributed by atoms with Crippen LogP contribution in [0.3, 0.4) is 0 Å². The van der Waals surface area contributed by atoms with E-state index in [1.54, 1.807) is 36.6 Å². The highest BCUT2D eigenvalue weighted by molar-refractivity contribution is 7.18. The Bertz CT molecular complexity index is 958. The first-order chi connectivity index (χ1) is 13.6. The monoisotopic (exact) mass is 415 g/mol. The van der Waals surface area contributed by atoms with Crippen LogP contribution in [0.4, 0.5) is 5.69 Å². The number of carbonyl (C=O) groups is 1. The maximum atomic E-state index is 12.7. The summed E-state index contributed by atoms with van der Waals surface area (Å²) in [6, 6.07) is 13.6. The van der Waals surface area contributed by atoms with Crippen LogP contribution < -0.4 is 10.1 Å². The lowest BCUT2D eigenvalue weighted by atomic mass is 10.0. The van der Waals surface area contributed by atoms with Gasteiger partial charge in [-0.05, 0) is 49.7 Å². The number of hydrogen-bond acceptors (Lipinski definition) is 5. The molecule has 2 aromatic carbocycles. The number of carbonyl (C=O) groups excluding carboxylic acids is 1. The van der Waals surface area contributed by atoms with Crippen molar-refractivity contribution in [2.24, 2.45) is 0 Å². The third-order valence-electron chi connectivity index (χ3n) is 4.99. The Morgan fingerprint density at radius 1 is 1.32 bits per heavy atom. The van der Waals surface area contributed by atoms with Crippen molar-refractivity contribution < 1.29 is 9.53 Å². The molecule has 0 saturated carbocycles. The van der Waals surface area contributed by atoms with Gasteiger partial charge >= 0.3 is 0 Å². The van der Waals surface area contributed by atoms with E-state index in [1.165, 1.54) is 4.70 Å². The average Bonchev–Trinajstić information content (AvgIpc) is 3.12. The third kappa shape index (κ3) is 4.14. The van der Waals surface area contributed by atoms with E-state index in [0.717, 1.165) is 36.3 Å². The zero-order valence-corrected chi connectivity index (χ0v) is 17.2. The van der Waals surface area contributed by atoms with Gasteiger partial charge in [0.2, 0.25) is 5.91 Å². The van der Waals surface area contributed by atoms with E-state index in [0.29, 0.717) is 23.0 Å². The summed E-state index contributed by atoms with van der Waals surface area (Å²) in [4.78, 5) is 19.7. The predicted molar refractivity (Wildman–Crippen MR) is 114 cm³/mol. The Hall–Kier alpha value is -2.15. The zero-order valence-electron chi connectivity index (χ0n) is 15.7. The van der Waals surface area contributed by atoms with Crippen LogP contribution in [-0.2, 0) is 4.79 Å². The number of ether oxygens (including phenoxy) is 1. The van der Waals surface area contributed by atoms with Gasteiger partial charge in [0.05, 0.1) is 34.9 Å². The molecule has 4 rings (SSSR count). The number of amides is 1. The lowest BCUT2D eigenvalue weighted by Crippen LogP contribution is -2.39. The second-order valence-corrected chi connectivity index (χ2v) is 8.37. The van der Waals surface area contributed by atoms with E-state index in [4.69, 9.17) is 21.3 Å². The van der Waals surface area contributed by atoms with Crippen LogP contribution in [0.5, 0.6) is 5.75 Å². The van der Waals surface area contributed by atoms with Crippen molar-refractivity contribution in [1.29, 1.82) is 0 Å². The fourth-order valence-electron chi connectivity index (χ4n) is 3.62. The molecule has 0 spiro atoms. The Kier molecular flexibility index (Phi) is 5.80. The van der Waals surface area contributed by atoms with Gasteiger partial charge < -0.3 is 10.1 Å². The van der Waals surface area contributed by atoms with Crippen LogP contribution in [0, 0.1) is 0 Å². The van der Waals surface area contributed by atoms with E-state index >= 15 is 0 Å². The lowest BCUT2D eigenvalue weighted by Gasteiger charge is -2.33. The molecule has 5 nitrogen and oxygen atoms in total. The van der Waals surface area contributed by atoms with Gasteiger partial charge in [-0.1, -0.05) is 30.2 Å². The first-order valence-electron chi connectivity index (χ1n) is 9.37. The predicted octanol–water partition coefficient (Wildman–Crippen LogP) is 5.12. The van der Waals surface area contributed by atoms with Crippen molar-refractivity contribution in [2.45, 2.75) is 25.3 Å². The van der Waals surface area contributed by atoms with Crippen molar-refractivity contribution in [3.05, 3.63) is 52.5 Å². The summed E-state index contributed by atoms with van der Waals surface area (Å²) < 4.78 is 6.35. The van der Waals surface area contributed by atoms with Gasteiger partial charge in [0.1, 0.15) is 10.8 Å². The molecule has 1 fully saturated rings. The summed E-state index contributed by atoms with van der Waals surface area (Å²) >= 11 is 7.88. The topological polar surface area (TPSA) is 54.5 Å². The number of fused-ring (bicyclic) bond motifs is 1.